The van der Waals surface area contributed by atoms with Gasteiger partial charge in [0, 0.05) is 19.0 Å². The molecule has 0 aromatic carbocycles. The quantitative estimate of drug-likeness (QED) is 0.695. The number of rotatable bonds is 3. The van der Waals surface area contributed by atoms with Crippen LogP contribution in [-0.4, -0.2) is 47.8 Å². The van der Waals surface area contributed by atoms with Gasteiger partial charge in [0.15, 0.2) is 0 Å². The maximum absolute atomic E-state index is 12.2. The minimum Gasteiger partial charge on any atom is -0.393 e. The van der Waals surface area contributed by atoms with Gasteiger partial charge >= 0.3 is 0 Å². The van der Waals surface area contributed by atoms with Gasteiger partial charge in [-0.25, -0.2) is 0 Å². The molecule has 88 valence electrons. The molecule has 4 nitrogen and oxygen atoms in total. The number of piperidine rings is 1. The molecule has 5 heteroatoms. The summed E-state index contributed by atoms with van der Waals surface area (Å²) >= 11 is 0. The molecule has 0 saturated carbocycles. The molecular weight excluding hydrogens is 199 g/mol. The average molecular weight is 218 g/mol. The van der Waals surface area contributed by atoms with E-state index in [0.29, 0.717) is 25.9 Å². The Labute approximate surface area is 89.2 Å². The molecule has 1 rings (SSSR count). The lowest BCUT2D eigenvalue weighted by molar-refractivity contribution is -0.136. The number of hydrogen-bond acceptors (Lipinski definition) is 3. The van der Waals surface area contributed by atoms with Crippen molar-refractivity contribution in [2.75, 3.05) is 19.8 Å². The molecule has 1 heterocycles. The number of aliphatic hydroxyl groups is 1. The van der Waals surface area contributed by atoms with Gasteiger partial charge in [0.25, 0.3) is 0 Å². The highest BCUT2D eigenvalue weighted by molar-refractivity contribution is 5.81. The summed E-state index contributed by atoms with van der Waals surface area (Å²) in [6.45, 7) is 2.12. The second kappa shape index (κ2) is 5.42. The first-order valence-corrected chi connectivity index (χ1v) is 5.34. The lowest BCUT2D eigenvalue weighted by atomic mass is 9.92. The van der Waals surface area contributed by atoms with Crippen molar-refractivity contribution in [3.8, 4) is 0 Å². The topological polar surface area (TPSA) is 66.6 Å². The zero-order chi connectivity index (χ0) is 11.4. The summed E-state index contributed by atoms with van der Waals surface area (Å²) in [7, 11) is 0. The molecule has 3 N–H and O–H groups in total. The Hall–Kier alpha value is -0.680. The Morgan fingerprint density at radius 2 is 2.40 bits per heavy atom. The van der Waals surface area contributed by atoms with Gasteiger partial charge in [-0.15, -0.1) is 0 Å². The van der Waals surface area contributed by atoms with E-state index in [1.807, 2.05) is 0 Å². The summed E-state index contributed by atoms with van der Waals surface area (Å²) in [4.78, 5) is 13.2. The number of alkyl halides is 1. The smallest absolute Gasteiger partial charge is 0.239 e. The van der Waals surface area contributed by atoms with Crippen LogP contribution in [0.2, 0.25) is 0 Å². The third-order valence-corrected chi connectivity index (χ3v) is 2.87. The second-order valence-electron chi connectivity index (χ2n) is 4.17. The van der Waals surface area contributed by atoms with Crippen LogP contribution < -0.4 is 5.73 Å². The number of carbonyl (C=O) groups is 1. The summed E-state index contributed by atoms with van der Waals surface area (Å²) in [6.07, 6.45) is 0.338. The van der Waals surface area contributed by atoms with E-state index in [0.717, 1.165) is 0 Å². The van der Waals surface area contributed by atoms with Crippen LogP contribution in [0.15, 0.2) is 0 Å². The fourth-order valence-electron chi connectivity index (χ4n) is 1.93. The molecule has 0 aliphatic carbocycles. The van der Waals surface area contributed by atoms with Crippen molar-refractivity contribution in [3.05, 3.63) is 0 Å². The van der Waals surface area contributed by atoms with Crippen LogP contribution in [0.3, 0.4) is 0 Å². The Kier molecular flexibility index (Phi) is 4.47. The molecule has 1 aliphatic heterocycles. The van der Waals surface area contributed by atoms with Crippen molar-refractivity contribution < 1.29 is 14.3 Å². The summed E-state index contributed by atoms with van der Waals surface area (Å²) in [5.41, 5.74) is 5.49. The van der Waals surface area contributed by atoms with Crippen molar-refractivity contribution in [2.24, 2.45) is 11.7 Å². The molecule has 1 fully saturated rings. The molecule has 0 aromatic rings. The Bertz CT molecular complexity index is 223. The van der Waals surface area contributed by atoms with Crippen molar-refractivity contribution in [1.82, 2.24) is 4.90 Å². The van der Waals surface area contributed by atoms with Gasteiger partial charge in [0.05, 0.1) is 18.8 Å². The maximum atomic E-state index is 12.2. The van der Waals surface area contributed by atoms with Crippen molar-refractivity contribution >= 4 is 5.91 Å². The van der Waals surface area contributed by atoms with Gasteiger partial charge in [-0.3, -0.25) is 9.18 Å². The zero-order valence-corrected chi connectivity index (χ0v) is 9.03. The Morgan fingerprint density at radius 1 is 1.73 bits per heavy atom. The highest BCUT2D eigenvalue weighted by Crippen LogP contribution is 2.20. The highest BCUT2D eigenvalue weighted by atomic mass is 19.1. The molecule has 3 atom stereocenters. The van der Waals surface area contributed by atoms with Gasteiger partial charge in [0.1, 0.15) is 0 Å². The van der Waals surface area contributed by atoms with Gasteiger partial charge in [-0.05, 0) is 19.8 Å². The molecule has 0 radical (unpaired) electrons. The van der Waals surface area contributed by atoms with Gasteiger partial charge in [0.2, 0.25) is 5.91 Å². The van der Waals surface area contributed by atoms with Crippen molar-refractivity contribution in [1.29, 1.82) is 0 Å². The SMILES string of the molecule is C[C@H](N)C(=O)N1CC[C@H](O)[C@@H](CCF)C1. The third kappa shape index (κ3) is 3.14. The molecule has 1 amide bonds. The minimum absolute atomic E-state index is 0.120. The largest absolute Gasteiger partial charge is 0.393 e. The molecule has 1 saturated heterocycles. The summed E-state index contributed by atoms with van der Waals surface area (Å²) < 4.78 is 12.2. The Morgan fingerprint density at radius 3 is 2.93 bits per heavy atom. The van der Waals surface area contributed by atoms with Crippen molar-refractivity contribution in [2.45, 2.75) is 31.9 Å². The number of nitrogens with zero attached hydrogens (tertiary/aromatic N) is 1. The minimum atomic E-state index is -0.522. The van der Waals surface area contributed by atoms with Crippen LogP contribution in [0.25, 0.3) is 0 Å². The van der Waals surface area contributed by atoms with Crippen LogP contribution in [0, 0.1) is 5.92 Å². The van der Waals surface area contributed by atoms with Crippen LogP contribution >= 0.6 is 0 Å². The highest BCUT2D eigenvalue weighted by Gasteiger charge is 2.30. The molecule has 0 unspecified atom stereocenters. The van der Waals surface area contributed by atoms with Crippen LogP contribution in [0.1, 0.15) is 19.8 Å². The first kappa shape index (κ1) is 12.4. The number of likely N-dealkylation sites (tertiary alicyclic amines) is 1. The fourth-order valence-corrected chi connectivity index (χ4v) is 1.93. The number of aliphatic hydroxyl groups excluding tert-OH is 1. The summed E-state index contributed by atoms with van der Waals surface area (Å²) in [5, 5.41) is 9.60. The standard InChI is InChI=1S/C10H19FN2O2/c1-7(12)10(15)13-5-3-9(14)8(6-13)2-4-11/h7-9,14H,2-6,12H2,1H3/t7-,8-,9-/m0/s1. The number of carbonyl (C=O) groups excluding carboxylic acids is 1. The monoisotopic (exact) mass is 218 g/mol. The van der Waals surface area contributed by atoms with Crippen molar-refractivity contribution in [3.63, 3.8) is 0 Å². The predicted octanol–water partition coefficient (Wildman–Crippen LogP) is -0.0974. The first-order valence-electron chi connectivity index (χ1n) is 5.34. The van der Waals surface area contributed by atoms with Crippen LogP contribution in [0.4, 0.5) is 4.39 Å². The number of halogens is 1. The second-order valence-corrected chi connectivity index (χ2v) is 4.17. The average Bonchev–Trinajstić information content (AvgIpc) is 2.20. The number of hydrogen-bond donors (Lipinski definition) is 2. The zero-order valence-electron chi connectivity index (χ0n) is 9.03. The van der Waals surface area contributed by atoms with E-state index in [2.05, 4.69) is 0 Å². The van der Waals surface area contributed by atoms with Crippen LogP contribution in [0.5, 0.6) is 0 Å². The van der Waals surface area contributed by atoms with E-state index in [1.165, 1.54) is 0 Å². The van der Waals surface area contributed by atoms with E-state index >= 15 is 0 Å². The van der Waals surface area contributed by atoms with E-state index in [1.54, 1.807) is 11.8 Å². The van der Waals surface area contributed by atoms with Gasteiger partial charge in [-0.1, -0.05) is 0 Å². The maximum Gasteiger partial charge on any atom is 0.239 e. The van der Waals surface area contributed by atoms with Crippen LogP contribution in [-0.2, 0) is 4.79 Å². The first-order chi connectivity index (χ1) is 7.06. The number of nitrogens with two attached hydrogens (primary N) is 1. The molecular formula is C10H19FN2O2. The molecule has 1 aliphatic rings. The van der Waals surface area contributed by atoms with Gasteiger partial charge < -0.3 is 15.7 Å². The van der Waals surface area contributed by atoms with E-state index in [4.69, 9.17) is 5.73 Å². The normalized spacial score (nSPS) is 28.9. The van der Waals surface area contributed by atoms with E-state index < -0.39 is 18.8 Å². The lowest BCUT2D eigenvalue weighted by Gasteiger charge is -2.36. The number of amides is 1. The molecule has 0 bridgehead atoms. The Balaban J connectivity index is 2.53. The molecule has 15 heavy (non-hydrogen) atoms. The van der Waals surface area contributed by atoms with Gasteiger partial charge in [-0.2, -0.15) is 0 Å². The molecule has 0 aromatic heterocycles. The lowest BCUT2D eigenvalue weighted by Crippen LogP contribution is -2.50. The summed E-state index contributed by atoms with van der Waals surface area (Å²) in [6, 6.07) is -0.522. The third-order valence-electron chi connectivity index (χ3n) is 2.87. The predicted molar refractivity (Wildman–Crippen MR) is 54.9 cm³/mol. The summed E-state index contributed by atoms with van der Waals surface area (Å²) in [5.74, 6) is -0.266. The van der Waals surface area contributed by atoms with E-state index in [9.17, 15) is 14.3 Å². The van der Waals surface area contributed by atoms with E-state index in [-0.39, 0.29) is 11.8 Å². The molecule has 0 spiro atoms. The fraction of sp³-hybridized carbons (Fsp3) is 0.900.